The summed E-state index contributed by atoms with van der Waals surface area (Å²) in [5, 5.41) is 13.5. The number of amides is 1. The molecule has 31 heavy (non-hydrogen) atoms. The van der Waals surface area contributed by atoms with E-state index >= 15 is 0 Å². The number of aromatic nitrogens is 4. The molecule has 2 aliphatic carbocycles. The Balaban J connectivity index is 1.49. The first-order chi connectivity index (χ1) is 15.1. The van der Waals surface area contributed by atoms with Gasteiger partial charge in [0.25, 0.3) is 11.5 Å². The second-order valence-electron chi connectivity index (χ2n) is 8.00. The maximum atomic E-state index is 13.1. The first-order valence-corrected chi connectivity index (χ1v) is 10.5. The van der Waals surface area contributed by atoms with Crippen molar-refractivity contribution >= 4 is 28.9 Å². The van der Waals surface area contributed by atoms with E-state index in [1.165, 1.54) is 6.20 Å². The van der Waals surface area contributed by atoms with E-state index in [-0.39, 0.29) is 29.7 Å². The predicted molar refractivity (Wildman–Crippen MR) is 116 cm³/mol. The first-order valence-electron chi connectivity index (χ1n) is 10.5. The molecule has 0 aliphatic heterocycles. The number of nitrogens with zero attached hydrogens (tertiary/aromatic N) is 4. The summed E-state index contributed by atoms with van der Waals surface area (Å²) >= 11 is 0. The third-order valence-corrected chi connectivity index (χ3v) is 5.96. The molecule has 10 nitrogen and oxygen atoms in total. The van der Waals surface area contributed by atoms with Crippen molar-refractivity contribution in [2.75, 3.05) is 24.8 Å². The van der Waals surface area contributed by atoms with Crippen LogP contribution in [0.2, 0.25) is 0 Å². The third kappa shape index (κ3) is 3.52. The lowest BCUT2D eigenvalue weighted by Crippen LogP contribution is -2.40. The maximum absolute atomic E-state index is 13.1. The molecule has 2 atom stereocenters. The first kappa shape index (κ1) is 19.6. The van der Waals surface area contributed by atoms with Gasteiger partial charge in [0.05, 0.1) is 18.3 Å². The Hall–Kier alpha value is -3.40. The predicted octanol–water partition coefficient (Wildman–Crippen LogP) is 1.92. The number of anilines is 3. The summed E-state index contributed by atoms with van der Waals surface area (Å²) in [5.41, 5.74) is 1.09. The Labute approximate surface area is 178 Å². The molecule has 2 fully saturated rings. The third-order valence-electron chi connectivity index (χ3n) is 5.96. The van der Waals surface area contributed by atoms with Crippen LogP contribution in [0.3, 0.4) is 0 Å². The zero-order valence-corrected chi connectivity index (χ0v) is 17.5. The largest absolute Gasteiger partial charge is 0.379 e. The van der Waals surface area contributed by atoms with Crippen LogP contribution in [0.1, 0.15) is 42.1 Å². The number of ether oxygens (including phenoxy) is 1. The van der Waals surface area contributed by atoms with Gasteiger partial charge in [-0.15, -0.1) is 0 Å². The summed E-state index contributed by atoms with van der Waals surface area (Å²) in [6, 6.07) is 5.58. The van der Waals surface area contributed by atoms with Crippen molar-refractivity contribution in [3.05, 3.63) is 46.5 Å². The van der Waals surface area contributed by atoms with Gasteiger partial charge in [0, 0.05) is 32.5 Å². The second-order valence-corrected chi connectivity index (χ2v) is 8.00. The van der Waals surface area contributed by atoms with Crippen molar-refractivity contribution < 1.29 is 9.53 Å². The van der Waals surface area contributed by atoms with E-state index in [9.17, 15) is 9.59 Å². The highest BCUT2D eigenvalue weighted by molar-refractivity contribution is 6.00. The lowest BCUT2D eigenvalue weighted by Gasteiger charge is -2.36. The fourth-order valence-electron chi connectivity index (χ4n) is 3.91. The number of nitrogens with one attached hydrogen (secondary N) is 3. The minimum atomic E-state index is -0.193. The number of rotatable bonds is 7. The molecular weight excluding hydrogens is 398 g/mol. The van der Waals surface area contributed by atoms with Crippen LogP contribution in [0.5, 0.6) is 0 Å². The molecule has 1 unspecified atom stereocenters. The zero-order valence-electron chi connectivity index (χ0n) is 17.5. The summed E-state index contributed by atoms with van der Waals surface area (Å²) < 4.78 is 8.75. The van der Waals surface area contributed by atoms with Crippen LogP contribution < -0.4 is 21.5 Å². The van der Waals surface area contributed by atoms with E-state index in [1.807, 2.05) is 6.07 Å². The zero-order chi connectivity index (χ0) is 21.5. The van der Waals surface area contributed by atoms with E-state index in [0.717, 1.165) is 25.7 Å². The standard InChI is InChI=1S/C21H25N7O3/c1-22-18-10-17(26-19-13(11-23-28(18)19)20(29)24-12-5-6-12)25-14-4-3-9-27(21(14)30)15-7-8-16(15)31-2/h3-4,9-12,15-16,22H,5-8H2,1-2H3,(H,24,29)(H,25,26)/t15?,16-/m0/s1. The topological polar surface area (TPSA) is 115 Å². The Morgan fingerprint density at radius 2 is 2.10 bits per heavy atom. The molecule has 3 heterocycles. The molecule has 0 saturated heterocycles. The molecule has 2 aliphatic rings. The molecule has 3 aromatic rings. The van der Waals surface area contributed by atoms with Gasteiger partial charge in [-0.05, 0) is 37.8 Å². The summed E-state index contributed by atoms with van der Waals surface area (Å²) in [6.07, 6.45) is 7.21. The Bertz CT molecular complexity index is 1200. The molecule has 5 rings (SSSR count). The molecule has 3 N–H and O–H groups in total. The van der Waals surface area contributed by atoms with Crippen LogP contribution in [-0.4, -0.2) is 51.4 Å². The molecule has 1 amide bonds. The van der Waals surface area contributed by atoms with Gasteiger partial charge in [-0.3, -0.25) is 9.59 Å². The number of carbonyl (C=O) groups excluding carboxylic acids is 1. The maximum Gasteiger partial charge on any atom is 0.274 e. The van der Waals surface area contributed by atoms with Gasteiger partial charge in [0.15, 0.2) is 5.65 Å². The van der Waals surface area contributed by atoms with Crippen molar-refractivity contribution in [2.45, 2.75) is 43.9 Å². The summed E-state index contributed by atoms with van der Waals surface area (Å²) in [7, 11) is 3.44. The normalized spacial score (nSPS) is 20.3. The summed E-state index contributed by atoms with van der Waals surface area (Å²) in [5.74, 6) is 0.902. The smallest absolute Gasteiger partial charge is 0.274 e. The van der Waals surface area contributed by atoms with Crippen LogP contribution in [0.4, 0.5) is 17.3 Å². The number of carbonyl (C=O) groups is 1. The minimum absolute atomic E-state index is 0.0371. The minimum Gasteiger partial charge on any atom is -0.379 e. The van der Waals surface area contributed by atoms with Crippen molar-refractivity contribution in [3.8, 4) is 0 Å². The fourth-order valence-corrected chi connectivity index (χ4v) is 3.91. The van der Waals surface area contributed by atoms with Gasteiger partial charge in [0.2, 0.25) is 0 Å². The van der Waals surface area contributed by atoms with Crippen LogP contribution in [0.25, 0.3) is 5.65 Å². The number of fused-ring (bicyclic) bond motifs is 1. The molecule has 10 heteroatoms. The molecule has 0 aromatic carbocycles. The molecule has 162 valence electrons. The highest BCUT2D eigenvalue weighted by Crippen LogP contribution is 2.33. The van der Waals surface area contributed by atoms with E-state index in [2.05, 4.69) is 26.0 Å². The van der Waals surface area contributed by atoms with Gasteiger partial charge in [-0.1, -0.05) is 0 Å². The van der Waals surface area contributed by atoms with Crippen molar-refractivity contribution in [1.29, 1.82) is 0 Å². The van der Waals surface area contributed by atoms with Crippen LogP contribution in [0, 0.1) is 0 Å². The number of pyridine rings is 1. The average Bonchev–Trinajstić information content (AvgIpc) is 3.45. The average molecular weight is 423 g/mol. The summed E-state index contributed by atoms with van der Waals surface area (Å²) in [4.78, 5) is 30.2. The van der Waals surface area contributed by atoms with Gasteiger partial charge in [0.1, 0.15) is 22.9 Å². The quantitative estimate of drug-likeness (QED) is 0.532. The van der Waals surface area contributed by atoms with Crippen LogP contribution in [-0.2, 0) is 4.74 Å². The lowest BCUT2D eigenvalue weighted by molar-refractivity contribution is -0.0103. The highest BCUT2D eigenvalue weighted by Gasteiger charge is 2.33. The second kappa shape index (κ2) is 7.69. The van der Waals surface area contributed by atoms with Crippen molar-refractivity contribution in [1.82, 2.24) is 24.5 Å². The fraction of sp³-hybridized carbons (Fsp3) is 0.429. The molecular formula is C21H25N7O3. The molecule has 2 saturated carbocycles. The monoisotopic (exact) mass is 423 g/mol. The van der Waals surface area contributed by atoms with Crippen molar-refractivity contribution in [2.24, 2.45) is 0 Å². The Morgan fingerprint density at radius 3 is 2.77 bits per heavy atom. The van der Waals surface area contributed by atoms with Gasteiger partial charge in [-0.2, -0.15) is 9.61 Å². The number of hydrogen-bond donors (Lipinski definition) is 3. The van der Waals surface area contributed by atoms with E-state index in [0.29, 0.717) is 28.5 Å². The highest BCUT2D eigenvalue weighted by atomic mass is 16.5. The van der Waals surface area contributed by atoms with Crippen LogP contribution in [0.15, 0.2) is 35.4 Å². The van der Waals surface area contributed by atoms with E-state index in [1.54, 1.807) is 41.6 Å². The van der Waals surface area contributed by atoms with E-state index in [4.69, 9.17) is 4.74 Å². The SMILES string of the molecule is CNc1cc(Nc2cccn(C3CC[C@@H]3OC)c2=O)nc2c(C(=O)NC3CC3)cnn12. The van der Waals surface area contributed by atoms with Crippen LogP contribution >= 0.6 is 0 Å². The molecule has 0 radical (unpaired) electrons. The number of methoxy groups -OCH3 is 1. The lowest BCUT2D eigenvalue weighted by atomic mass is 9.88. The molecule has 0 bridgehead atoms. The van der Waals surface area contributed by atoms with Crippen molar-refractivity contribution in [3.63, 3.8) is 0 Å². The Morgan fingerprint density at radius 1 is 1.26 bits per heavy atom. The van der Waals surface area contributed by atoms with Gasteiger partial charge < -0.3 is 25.3 Å². The molecule has 0 spiro atoms. The van der Waals surface area contributed by atoms with E-state index < -0.39 is 0 Å². The number of hydrogen-bond acceptors (Lipinski definition) is 7. The Kier molecular flexibility index (Phi) is 4.85. The van der Waals surface area contributed by atoms with Gasteiger partial charge >= 0.3 is 0 Å². The molecule has 3 aromatic heterocycles. The summed E-state index contributed by atoms with van der Waals surface area (Å²) in [6.45, 7) is 0. The van der Waals surface area contributed by atoms with Gasteiger partial charge in [-0.25, -0.2) is 4.98 Å².